The third-order valence-corrected chi connectivity index (χ3v) is 3.77. The molecule has 1 aliphatic rings. The Hall–Kier alpha value is -1.23. The van der Waals surface area contributed by atoms with Crippen molar-refractivity contribution in [3.8, 4) is 5.75 Å². The van der Waals surface area contributed by atoms with Gasteiger partial charge in [0.05, 0.1) is 11.0 Å². The van der Waals surface area contributed by atoms with Crippen LogP contribution in [0.1, 0.15) is 19.3 Å². The maximum absolute atomic E-state index is 11.8. The van der Waals surface area contributed by atoms with Crippen molar-refractivity contribution in [2.24, 2.45) is 0 Å². The number of hydrogen-bond donors (Lipinski definition) is 1. The van der Waals surface area contributed by atoms with E-state index < -0.39 is 0 Å². The van der Waals surface area contributed by atoms with E-state index in [4.69, 9.17) is 4.74 Å². The number of benzene rings is 1. The summed E-state index contributed by atoms with van der Waals surface area (Å²) in [5.41, 5.74) is 0. The van der Waals surface area contributed by atoms with Crippen LogP contribution in [0.4, 0.5) is 4.79 Å². The number of ether oxygens (including phenoxy) is 1. The summed E-state index contributed by atoms with van der Waals surface area (Å²) in [5, 5.41) is 2.89. The molecule has 1 N–H and O–H groups in total. The molecule has 1 aromatic carbocycles. The van der Waals surface area contributed by atoms with Crippen LogP contribution in [-0.2, 0) is 0 Å². The first kappa shape index (κ1) is 14.2. The van der Waals surface area contributed by atoms with Gasteiger partial charge in [-0.1, -0.05) is 12.1 Å². The first-order valence-corrected chi connectivity index (χ1v) is 7.47. The van der Waals surface area contributed by atoms with E-state index in [9.17, 15) is 4.79 Å². The first-order valence-electron chi connectivity index (χ1n) is 6.67. The molecule has 0 aromatic heterocycles. The highest BCUT2D eigenvalue weighted by molar-refractivity contribution is 9.10. The molecule has 19 heavy (non-hydrogen) atoms. The zero-order valence-electron chi connectivity index (χ0n) is 10.9. The van der Waals surface area contributed by atoms with Crippen LogP contribution in [-0.4, -0.2) is 37.2 Å². The van der Waals surface area contributed by atoms with E-state index in [1.165, 1.54) is 6.42 Å². The first-order chi connectivity index (χ1) is 9.27. The molecule has 1 fully saturated rings. The van der Waals surface area contributed by atoms with Gasteiger partial charge in [-0.15, -0.1) is 0 Å². The minimum absolute atomic E-state index is 0.0235. The van der Waals surface area contributed by atoms with Gasteiger partial charge in [-0.2, -0.15) is 0 Å². The average molecular weight is 327 g/mol. The van der Waals surface area contributed by atoms with E-state index >= 15 is 0 Å². The van der Waals surface area contributed by atoms with Crippen LogP contribution in [0.5, 0.6) is 5.75 Å². The zero-order valence-corrected chi connectivity index (χ0v) is 12.5. The van der Waals surface area contributed by atoms with Crippen molar-refractivity contribution in [3.05, 3.63) is 28.7 Å². The highest BCUT2D eigenvalue weighted by Crippen LogP contribution is 2.23. The quantitative estimate of drug-likeness (QED) is 0.864. The molecule has 104 valence electrons. The number of halogens is 1. The molecule has 1 saturated heterocycles. The van der Waals surface area contributed by atoms with Gasteiger partial charge in [0.25, 0.3) is 0 Å². The molecule has 0 radical (unpaired) electrons. The lowest BCUT2D eigenvalue weighted by Crippen LogP contribution is -2.43. The summed E-state index contributed by atoms with van der Waals surface area (Å²) in [5.74, 6) is 0.801. The van der Waals surface area contributed by atoms with Gasteiger partial charge in [0, 0.05) is 13.1 Å². The Bertz CT molecular complexity index is 420. The summed E-state index contributed by atoms with van der Waals surface area (Å²) in [4.78, 5) is 13.7. The molecule has 5 heteroatoms. The van der Waals surface area contributed by atoms with Gasteiger partial charge in [0.15, 0.2) is 0 Å². The highest BCUT2D eigenvalue weighted by Gasteiger charge is 2.15. The number of amides is 2. The van der Waals surface area contributed by atoms with Crippen LogP contribution in [0.2, 0.25) is 0 Å². The fraction of sp³-hybridized carbons (Fsp3) is 0.500. The highest BCUT2D eigenvalue weighted by atomic mass is 79.9. The zero-order chi connectivity index (χ0) is 13.5. The van der Waals surface area contributed by atoms with Gasteiger partial charge in [-0.3, -0.25) is 0 Å². The normalized spacial score (nSPS) is 15.1. The lowest BCUT2D eigenvalue weighted by molar-refractivity contribution is 0.183. The Balaban J connectivity index is 1.66. The predicted octanol–water partition coefficient (Wildman–Crippen LogP) is 3.02. The smallest absolute Gasteiger partial charge is 0.317 e. The fourth-order valence-corrected chi connectivity index (χ4v) is 2.49. The Kier molecular flexibility index (Phi) is 5.51. The third kappa shape index (κ3) is 4.42. The molecule has 0 bridgehead atoms. The van der Waals surface area contributed by atoms with Gasteiger partial charge < -0.3 is 15.0 Å². The van der Waals surface area contributed by atoms with Crippen LogP contribution >= 0.6 is 15.9 Å². The van der Waals surface area contributed by atoms with Crippen molar-refractivity contribution < 1.29 is 9.53 Å². The number of carbonyl (C=O) groups excluding carboxylic acids is 1. The molecule has 0 spiro atoms. The molecule has 0 atom stereocenters. The largest absolute Gasteiger partial charge is 0.491 e. The number of likely N-dealkylation sites (tertiary alicyclic amines) is 1. The number of nitrogens with one attached hydrogen (secondary N) is 1. The molecule has 0 unspecified atom stereocenters. The number of rotatable bonds is 4. The van der Waals surface area contributed by atoms with E-state index in [1.54, 1.807) is 0 Å². The van der Waals surface area contributed by atoms with Crippen molar-refractivity contribution >= 4 is 22.0 Å². The molecule has 0 aliphatic carbocycles. The van der Waals surface area contributed by atoms with Crippen molar-refractivity contribution in [1.29, 1.82) is 0 Å². The number of piperidine rings is 1. The molecule has 2 rings (SSSR count). The van der Waals surface area contributed by atoms with E-state index in [-0.39, 0.29) is 6.03 Å². The monoisotopic (exact) mass is 326 g/mol. The van der Waals surface area contributed by atoms with Crippen LogP contribution in [0.25, 0.3) is 0 Å². The number of urea groups is 1. The van der Waals surface area contributed by atoms with Crippen molar-refractivity contribution in [3.63, 3.8) is 0 Å². The van der Waals surface area contributed by atoms with Crippen LogP contribution < -0.4 is 10.1 Å². The standard InChI is InChI=1S/C14H19BrN2O2/c15-12-6-2-3-7-13(12)19-11-8-16-14(18)17-9-4-1-5-10-17/h2-3,6-7H,1,4-5,8-11H2,(H,16,18). The summed E-state index contributed by atoms with van der Waals surface area (Å²) in [6.07, 6.45) is 3.46. The van der Waals surface area contributed by atoms with Crippen molar-refractivity contribution in [1.82, 2.24) is 10.2 Å². The van der Waals surface area contributed by atoms with Gasteiger partial charge >= 0.3 is 6.03 Å². The number of nitrogens with zero attached hydrogens (tertiary/aromatic N) is 1. The molecule has 4 nitrogen and oxygen atoms in total. The summed E-state index contributed by atoms with van der Waals surface area (Å²) >= 11 is 3.42. The molecule has 1 aliphatic heterocycles. The summed E-state index contributed by atoms with van der Waals surface area (Å²) in [7, 11) is 0. The average Bonchev–Trinajstić information content (AvgIpc) is 2.46. The lowest BCUT2D eigenvalue weighted by Gasteiger charge is -2.26. The van der Waals surface area contributed by atoms with Crippen molar-refractivity contribution in [2.75, 3.05) is 26.2 Å². The topological polar surface area (TPSA) is 41.6 Å². The summed E-state index contributed by atoms with van der Waals surface area (Å²) in [6.45, 7) is 2.74. The molecule has 0 saturated carbocycles. The number of para-hydroxylation sites is 1. The predicted molar refractivity (Wildman–Crippen MR) is 78.5 cm³/mol. The molecule has 1 heterocycles. The number of carbonyl (C=O) groups is 1. The van der Waals surface area contributed by atoms with E-state index in [0.29, 0.717) is 13.2 Å². The van der Waals surface area contributed by atoms with Gasteiger partial charge in [0.2, 0.25) is 0 Å². The Morgan fingerprint density at radius 2 is 2.00 bits per heavy atom. The maximum atomic E-state index is 11.8. The summed E-state index contributed by atoms with van der Waals surface area (Å²) < 4.78 is 6.52. The SMILES string of the molecule is O=C(NCCOc1ccccc1Br)N1CCCCC1. The maximum Gasteiger partial charge on any atom is 0.317 e. The van der Waals surface area contributed by atoms with Crippen molar-refractivity contribution in [2.45, 2.75) is 19.3 Å². The van der Waals surface area contributed by atoms with Gasteiger partial charge in [0.1, 0.15) is 12.4 Å². The second-order valence-electron chi connectivity index (χ2n) is 4.56. The minimum atomic E-state index is 0.0235. The van der Waals surface area contributed by atoms with Gasteiger partial charge in [-0.25, -0.2) is 4.79 Å². The Morgan fingerprint density at radius 3 is 2.74 bits per heavy atom. The lowest BCUT2D eigenvalue weighted by atomic mass is 10.1. The Labute approximate surface area is 122 Å². The van der Waals surface area contributed by atoms with Crippen LogP contribution in [0, 0.1) is 0 Å². The van der Waals surface area contributed by atoms with Crippen LogP contribution in [0.3, 0.4) is 0 Å². The Morgan fingerprint density at radius 1 is 1.26 bits per heavy atom. The van der Waals surface area contributed by atoms with Crippen LogP contribution in [0.15, 0.2) is 28.7 Å². The summed E-state index contributed by atoms with van der Waals surface area (Å²) in [6, 6.07) is 7.72. The second-order valence-corrected chi connectivity index (χ2v) is 5.41. The number of hydrogen-bond acceptors (Lipinski definition) is 2. The minimum Gasteiger partial charge on any atom is -0.491 e. The van der Waals surface area contributed by atoms with Gasteiger partial charge in [-0.05, 0) is 47.3 Å². The molecular weight excluding hydrogens is 308 g/mol. The van der Waals surface area contributed by atoms with E-state index in [2.05, 4.69) is 21.2 Å². The van der Waals surface area contributed by atoms with E-state index in [1.807, 2.05) is 29.2 Å². The molecule has 1 aromatic rings. The third-order valence-electron chi connectivity index (χ3n) is 3.12. The molecule has 2 amide bonds. The fourth-order valence-electron chi connectivity index (χ4n) is 2.09. The second kappa shape index (κ2) is 7.38. The van der Waals surface area contributed by atoms with E-state index in [0.717, 1.165) is 36.2 Å². The molecular formula is C14H19BrN2O2.